The van der Waals surface area contributed by atoms with Crippen molar-refractivity contribution in [2.45, 2.75) is 45.1 Å². The quantitative estimate of drug-likeness (QED) is 0.381. The molecule has 2 N–H and O–H groups in total. The van der Waals surface area contributed by atoms with E-state index in [1.54, 1.807) is 6.92 Å². The molecule has 1 saturated heterocycles. The van der Waals surface area contributed by atoms with E-state index in [0.717, 1.165) is 16.7 Å². The second-order valence-corrected chi connectivity index (χ2v) is 7.53. The summed E-state index contributed by atoms with van der Waals surface area (Å²) in [5.41, 5.74) is 2.37. The van der Waals surface area contributed by atoms with Gasteiger partial charge in [0.25, 0.3) is 0 Å². The third-order valence-corrected chi connectivity index (χ3v) is 3.85. The maximum absolute atomic E-state index is 12.6. The van der Waals surface area contributed by atoms with Gasteiger partial charge in [0, 0.05) is 0 Å². The molecule has 30 heavy (non-hydrogen) atoms. The Morgan fingerprint density at radius 1 is 1.07 bits per heavy atom. The molecular weight excluding hydrogens is 394 g/mol. The van der Waals surface area contributed by atoms with Crippen LogP contribution in [0.4, 0.5) is 4.79 Å². The van der Waals surface area contributed by atoms with E-state index < -0.39 is 36.4 Å². The van der Waals surface area contributed by atoms with Gasteiger partial charge in [0.05, 0.1) is 39.6 Å². The molecule has 0 aromatic rings. The molecule has 0 aromatic heterocycles. The van der Waals surface area contributed by atoms with Crippen LogP contribution in [0, 0.1) is 0 Å². The van der Waals surface area contributed by atoms with Crippen molar-refractivity contribution in [1.29, 1.82) is 0 Å². The van der Waals surface area contributed by atoms with Crippen LogP contribution in [-0.2, 0) is 28.5 Å². The van der Waals surface area contributed by atoms with Gasteiger partial charge >= 0.3 is 12.1 Å². The summed E-state index contributed by atoms with van der Waals surface area (Å²) in [6, 6.07) is -1.19. The van der Waals surface area contributed by atoms with Crippen LogP contribution in [-0.4, -0.2) is 81.2 Å². The molecule has 1 amide bonds. The van der Waals surface area contributed by atoms with Crippen LogP contribution in [0.5, 0.6) is 0 Å². The van der Waals surface area contributed by atoms with Gasteiger partial charge in [0.1, 0.15) is 12.2 Å². The molecule has 9 heteroatoms. The lowest BCUT2D eigenvalue weighted by molar-refractivity contribution is -0.175. The van der Waals surface area contributed by atoms with Crippen LogP contribution >= 0.6 is 0 Å². The van der Waals surface area contributed by atoms with Crippen molar-refractivity contribution >= 4 is 12.1 Å². The Morgan fingerprint density at radius 2 is 1.67 bits per heavy atom. The molecule has 170 valence electrons. The fourth-order valence-electron chi connectivity index (χ4n) is 2.58. The van der Waals surface area contributed by atoms with Gasteiger partial charge in [0.15, 0.2) is 12.1 Å². The number of hydrogen-bond donors (Lipinski definition) is 2. The fourth-order valence-corrected chi connectivity index (χ4v) is 2.58. The molecule has 0 aliphatic carbocycles. The average Bonchev–Trinajstić information content (AvgIpc) is 2.67. The van der Waals surface area contributed by atoms with Gasteiger partial charge in [-0.2, -0.15) is 0 Å². The Morgan fingerprint density at radius 3 is 2.23 bits per heavy atom. The maximum atomic E-state index is 12.6. The van der Waals surface area contributed by atoms with Crippen LogP contribution < -0.4 is 5.32 Å². The smallest absolute Gasteiger partial charge is 0.405 e. The third kappa shape index (κ3) is 10.0. The molecule has 1 rings (SSSR count). The summed E-state index contributed by atoms with van der Waals surface area (Å²) in [6.07, 6.45) is -3.58. The van der Waals surface area contributed by atoms with E-state index >= 15 is 0 Å². The number of carboxylic acid groups (broad SMARTS) is 1. The van der Waals surface area contributed by atoms with Gasteiger partial charge in [-0.05, 0) is 20.8 Å². The number of hydrogen-bond acceptors (Lipinski definition) is 7. The molecule has 0 aromatic carbocycles. The lowest BCUT2D eigenvalue weighted by Gasteiger charge is -2.32. The first-order chi connectivity index (χ1) is 14.1. The highest BCUT2D eigenvalue weighted by Crippen LogP contribution is 2.19. The predicted molar refractivity (Wildman–Crippen MR) is 110 cm³/mol. The number of carbonyl (C=O) groups is 2. The highest BCUT2D eigenvalue weighted by Gasteiger charge is 2.38. The number of nitrogens with one attached hydrogen (secondary N) is 1. The van der Waals surface area contributed by atoms with Crippen molar-refractivity contribution in [2.24, 2.45) is 0 Å². The molecule has 4 atom stereocenters. The van der Waals surface area contributed by atoms with E-state index in [1.807, 2.05) is 13.8 Å². The Hall–Kier alpha value is -2.20. The average molecular weight is 427 g/mol. The van der Waals surface area contributed by atoms with Crippen molar-refractivity contribution in [3.8, 4) is 0 Å². The number of rotatable bonds is 11. The molecule has 0 saturated carbocycles. The zero-order valence-electron chi connectivity index (χ0n) is 18.0. The number of carbonyl (C=O) groups excluding carboxylic acids is 1. The van der Waals surface area contributed by atoms with E-state index in [2.05, 4.69) is 25.1 Å². The summed E-state index contributed by atoms with van der Waals surface area (Å²) >= 11 is 0. The largest absolute Gasteiger partial charge is 0.465 e. The van der Waals surface area contributed by atoms with Crippen molar-refractivity contribution in [2.75, 3.05) is 39.6 Å². The van der Waals surface area contributed by atoms with Crippen LogP contribution in [0.15, 0.2) is 36.5 Å². The first kappa shape index (κ1) is 25.8. The van der Waals surface area contributed by atoms with Crippen LogP contribution in [0.1, 0.15) is 20.8 Å². The van der Waals surface area contributed by atoms with E-state index in [4.69, 9.17) is 28.8 Å². The summed E-state index contributed by atoms with van der Waals surface area (Å²) in [5.74, 6) is -0.786. The molecular formula is C21H33NO8. The highest BCUT2D eigenvalue weighted by molar-refractivity contribution is 5.81. The summed E-state index contributed by atoms with van der Waals surface area (Å²) < 4.78 is 28.7. The Labute approximate surface area is 177 Å². The zero-order valence-corrected chi connectivity index (χ0v) is 18.0. The van der Waals surface area contributed by atoms with Crippen molar-refractivity contribution < 1.29 is 38.4 Å². The van der Waals surface area contributed by atoms with Gasteiger partial charge in [0.2, 0.25) is 0 Å². The molecule has 0 radical (unpaired) electrons. The summed E-state index contributed by atoms with van der Waals surface area (Å²) in [5, 5.41) is 11.1. The van der Waals surface area contributed by atoms with E-state index in [9.17, 15) is 9.59 Å². The monoisotopic (exact) mass is 427 g/mol. The van der Waals surface area contributed by atoms with E-state index in [1.165, 1.54) is 0 Å². The van der Waals surface area contributed by atoms with Gasteiger partial charge in [-0.1, -0.05) is 36.5 Å². The van der Waals surface area contributed by atoms with Crippen LogP contribution in [0.2, 0.25) is 0 Å². The third-order valence-electron chi connectivity index (χ3n) is 3.85. The van der Waals surface area contributed by atoms with Crippen molar-refractivity contribution in [3.63, 3.8) is 0 Å². The molecule has 1 aliphatic rings. The standard InChI is InChI=1S/C21H33NO8/c1-13(2)7-26-12-18-19(29-9-15(5)6)17(28-8-14(3)4)11-27-10-16(20(23)30-18)22-21(24)25/h16-19,22H,1,3,5,7-12H2,2,4,6H3,(H,24,25)/t16-,17+,18-,19-/m1/s1. The maximum Gasteiger partial charge on any atom is 0.405 e. The number of amides is 1. The second kappa shape index (κ2) is 13.2. The fraction of sp³-hybridized carbons (Fsp3) is 0.619. The minimum atomic E-state index is -1.36. The van der Waals surface area contributed by atoms with E-state index in [0.29, 0.717) is 0 Å². The molecule has 1 fully saturated rings. The molecule has 1 aliphatic heterocycles. The second-order valence-electron chi connectivity index (χ2n) is 7.53. The summed E-state index contributed by atoms with van der Waals surface area (Å²) in [4.78, 5) is 23.6. The predicted octanol–water partition coefficient (Wildman–Crippen LogP) is 2.08. The van der Waals surface area contributed by atoms with E-state index in [-0.39, 0.29) is 39.6 Å². The van der Waals surface area contributed by atoms with Gasteiger partial charge in [-0.15, -0.1) is 0 Å². The minimum Gasteiger partial charge on any atom is -0.465 e. The highest BCUT2D eigenvalue weighted by atomic mass is 16.6. The Balaban J connectivity index is 3.14. The van der Waals surface area contributed by atoms with Crippen LogP contribution in [0.25, 0.3) is 0 Å². The summed E-state index contributed by atoms with van der Waals surface area (Å²) in [6.45, 7) is 17.5. The van der Waals surface area contributed by atoms with Crippen molar-refractivity contribution in [3.05, 3.63) is 36.5 Å². The molecule has 0 unspecified atom stereocenters. The normalized spacial score (nSPS) is 24.7. The van der Waals surface area contributed by atoms with Crippen LogP contribution in [0.3, 0.4) is 0 Å². The Bertz CT molecular complexity index is 632. The zero-order chi connectivity index (χ0) is 22.7. The number of esters is 1. The lowest BCUT2D eigenvalue weighted by Crippen LogP contribution is -2.49. The summed E-state index contributed by atoms with van der Waals surface area (Å²) in [7, 11) is 0. The van der Waals surface area contributed by atoms with Crippen molar-refractivity contribution in [1.82, 2.24) is 5.32 Å². The number of cyclic esters (lactones) is 1. The molecule has 0 bridgehead atoms. The van der Waals surface area contributed by atoms with Gasteiger partial charge in [-0.3, -0.25) is 0 Å². The number of ether oxygens (including phenoxy) is 5. The van der Waals surface area contributed by atoms with Gasteiger partial charge < -0.3 is 34.1 Å². The van der Waals surface area contributed by atoms with Gasteiger partial charge in [-0.25, -0.2) is 9.59 Å². The molecule has 1 heterocycles. The molecule has 0 spiro atoms. The lowest BCUT2D eigenvalue weighted by atomic mass is 10.1. The minimum absolute atomic E-state index is 0.00613. The molecule has 9 nitrogen and oxygen atoms in total. The SMILES string of the molecule is C=C(C)COC[C@H]1OC(=O)[C@H](NC(=O)O)COC[C@H](OCC(=C)C)[C@H]1OCC(=C)C. The topological polar surface area (TPSA) is 113 Å². The first-order valence-corrected chi connectivity index (χ1v) is 9.62. The Kier molecular flexibility index (Phi) is 11.3. The first-order valence-electron chi connectivity index (χ1n) is 9.62.